The van der Waals surface area contributed by atoms with E-state index in [-0.39, 0.29) is 0 Å². The number of anilines is 1. The fourth-order valence-corrected chi connectivity index (χ4v) is 3.19. The number of para-hydroxylation sites is 1. The first-order valence-electron chi connectivity index (χ1n) is 7.53. The number of hydrogen-bond acceptors (Lipinski definition) is 3. The zero-order chi connectivity index (χ0) is 15.8. The first kappa shape index (κ1) is 14.2. The van der Waals surface area contributed by atoms with Gasteiger partial charge < -0.3 is 10.1 Å². The Morgan fingerprint density at radius 2 is 2.04 bits per heavy atom. The minimum atomic E-state index is 0.684. The molecule has 1 aliphatic heterocycles. The van der Waals surface area contributed by atoms with E-state index in [1.165, 1.54) is 5.56 Å². The molecule has 0 atom stereocenters. The van der Waals surface area contributed by atoms with Gasteiger partial charge in [-0.2, -0.15) is 5.10 Å². The van der Waals surface area contributed by atoms with Gasteiger partial charge in [0.05, 0.1) is 23.5 Å². The van der Waals surface area contributed by atoms with Gasteiger partial charge in [-0.25, -0.2) is 4.68 Å². The predicted molar refractivity (Wildman–Crippen MR) is 92.8 cm³/mol. The quantitative estimate of drug-likeness (QED) is 0.785. The summed E-state index contributed by atoms with van der Waals surface area (Å²) in [5.41, 5.74) is 4.13. The first-order chi connectivity index (χ1) is 11.3. The smallest absolute Gasteiger partial charge is 0.133 e. The highest BCUT2D eigenvalue weighted by molar-refractivity contribution is 6.32. The van der Waals surface area contributed by atoms with Crippen molar-refractivity contribution < 1.29 is 4.74 Å². The topological polar surface area (TPSA) is 39.1 Å². The third-order valence-corrected chi connectivity index (χ3v) is 4.39. The molecule has 1 aliphatic rings. The molecule has 1 N–H and O–H groups in total. The molecule has 0 aliphatic carbocycles. The second-order valence-electron chi connectivity index (χ2n) is 5.45. The summed E-state index contributed by atoms with van der Waals surface area (Å²) in [5, 5.41) is 8.93. The molecule has 0 bridgehead atoms. The van der Waals surface area contributed by atoms with E-state index in [1.54, 1.807) is 7.11 Å². The summed E-state index contributed by atoms with van der Waals surface area (Å²) < 4.78 is 7.24. The molecule has 0 fully saturated rings. The zero-order valence-electron chi connectivity index (χ0n) is 12.7. The Hall–Kier alpha value is -2.46. The van der Waals surface area contributed by atoms with Crippen LogP contribution in [0.2, 0.25) is 5.02 Å². The van der Waals surface area contributed by atoms with Crippen molar-refractivity contribution in [2.75, 3.05) is 19.0 Å². The summed E-state index contributed by atoms with van der Waals surface area (Å²) in [6, 6.07) is 15.7. The normalized spacial score (nSPS) is 12.8. The van der Waals surface area contributed by atoms with Crippen LogP contribution >= 0.6 is 11.6 Å². The van der Waals surface area contributed by atoms with Crippen LogP contribution in [-0.4, -0.2) is 23.4 Å². The highest BCUT2D eigenvalue weighted by atomic mass is 35.5. The van der Waals surface area contributed by atoms with Crippen LogP contribution in [0.1, 0.15) is 5.56 Å². The zero-order valence-corrected chi connectivity index (χ0v) is 13.5. The molecule has 5 heteroatoms. The molecular weight excluding hydrogens is 310 g/mol. The summed E-state index contributed by atoms with van der Waals surface area (Å²) in [6.07, 6.45) is 0.951. The maximum Gasteiger partial charge on any atom is 0.133 e. The van der Waals surface area contributed by atoms with Crippen LogP contribution < -0.4 is 10.1 Å². The number of rotatable bonds is 3. The van der Waals surface area contributed by atoms with Crippen molar-refractivity contribution in [3.8, 4) is 22.7 Å². The van der Waals surface area contributed by atoms with Gasteiger partial charge in [0.2, 0.25) is 0 Å². The number of nitrogens with one attached hydrogen (secondary N) is 1. The van der Waals surface area contributed by atoms with Crippen molar-refractivity contribution in [1.82, 2.24) is 9.78 Å². The number of ether oxygens (including phenoxy) is 1. The van der Waals surface area contributed by atoms with Gasteiger partial charge in [0.25, 0.3) is 0 Å². The molecule has 3 aromatic rings. The van der Waals surface area contributed by atoms with Crippen LogP contribution in [0.4, 0.5) is 5.82 Å². The standard InChI is InChI=1S/C18H16ClN3O/c1-23-13-6-4-5-12(11-13)17-14-9-10-20-18(14)22(21-17)16-8-3-2-7-15(16)19/h2-8,11,20H,9-10H2,1H3. The second kappa shape index (κ2) is 5.63. The molecule has 0 saturated heterocycles. The average Bonchev–Trinajstić information content (AvgIpc) is 3.18. The van der Waals surface area contributed by atoms with Gasteiger partial charge in [0, 0.05) is 17.7 Å². The van der Waals surface area contributed by atoms with Crippen molar-refractivity contribution in [3.05, 3.63) is 59.1 Å². The molecule has 2 heterocycles. The van der Waals surface area contributed by atoms with Gasteiger partial charge in [-0.05, 0) is 30.7 Å². The van der Waals surface area contributed by atoms with E-state index in [1.807, 2.05) is 47.1 Å². The Morgan fingerprint density at radius 1 is 1.17 bits per heavy atom. The van der Waals surface area contributed by atoms with Gasteiger partial charge in [-0.15, -0.1) is 0 Å². The molecule has 0 radical (unpaired) electrons. The Bertz CT molecular complexity index is 872. The van der Waals surface area contributed by atoms with E-state index in [0.717, 1.165) is 41.5 Å². The maximum atomic E-state index is 6.35. The highest BCUT2D eigenvalue weighted by Crippen LogP contribution is 2.36. The lowest BCUT2D eigenvalue weighted by Crippen LogP contribution is -2.04. The van der Waals surface area contributed by atoms with Crippen molar-refractivity contribution in [3.63, 3.8) is 0 Å². The van der Waals surface area contributed by atoms with E-state index in [0.29, 0.717) is 5.02 Å². The largest absolute Gasteiger partial charge is 0.497 e. The molecule has 4 rings (SSSR count). The van der Waals surface area contributed by atoms with Crippen LogP contribution in [0.25, 0.3) is 16.9 Å². The van der Waals surface area contributed by atoms with E-state index >= 15 is 0 Å². The molecule has 2 aromatic carbocycles. The number of methoxy groups -OCH3 is 1. The van der Waals surface area contributed by atoms with Gasteiger partial charge >= 0.3 is 0 Å². The molecule has 0 spiro atoms. The lowest BCUT2D eigenvalue weighted by atomic mass is 10.1. The summed E-state index contributed by atoms with van der Waals surface area (Å²) in [4.78, 5) is 0. The van der Waals surface area contributed by atoms with Crippen molar-refractivity contribution in [2.24, 2.45) is 0 Å². The number of nitrogens with zero attached hydrogens (tertiary/aromatic N) is 2. The predicted octanol–water partition coefficient (Wildman–Crippen LogP) is 4.17. The van der Waals surface area contributed by atoms with Crippen LogP contribution in [0, 0.1) is 0 Å². The van der Waals surface area contributed by atoms with Crippen molar-refractivity contribution >= 4 is 17.4 Å². The van der Waals surface area contributed by atoms with Crippen LogP contribution in [0.5, 0.6) is 5.75 Å². The number of aromatic nitrogens is 2. The monoisotopic (exact) mass is 325 g/mol. The van der Waals surface area contributed by atoms with E-state index in [9.17, 15) is 0 Å². The summed E-state index contributed by atoms with van der Waals surface area (Å²) in [5.74, 6) is 1.85. The number of hydrogen-bond donors (Lipinski definition) is 1. The van der Waals surface area contributed by atoms with Crippen LogP contribution in [0.15, 0.2) is 48.5 Å². The second-order valence-corrected chi connectivity index (χ2v) is 5.85. The molecule has 0 saturated carbocycles. The number of fused-ring (bicyclic) bond motifs is 1. The lowest BCUT2D eigenvalue weighted by molar-refractivity contribution is 0.415. The van der Waals surface area contributed by atoms with Crippen molar-refractivity contribution in [1.29, 1.82) is 0 Å². The average molecular weight is 326 g/mol. The van der Waals surface area contributed by atoms with Gasteiger partial charge in [-0.1, -0.05) is 35.9 Å². The van der Waals surface area contributed by atoms with Gasteiger partial charge in [0.15, 0.2) is 0 Å². The SMILES string of the molecule is COc1cccc(-c2nn(-c3ccccc3Cl)c3c2CCN3)c1. The summed E-state index contributed by atoms with van der Waals surface area (Å²) in [7, 11) is 1.67. The number of halogens is 1. The maximum absolute atomic E-state index is 6.35. The Kier molecular flexibility index (Phi) is 3.46. The third kappa shape index (κ3) is 2.35. The third-order valence-electron chi connectivity index (χ3n) is 4.07. The fraction of sp³-hybridized carbons (Fsp3) is 0.167. The van der Waals surface area contributed by atoms with Crippen LogP contribution in [0.3, 0.4) is 0 Å². The molecule has 23 heavy (non-hydrogen) atoms. The van der Waals surface area contributed by atoms with E-state index in [2.05, 4.69) is 11.4 Å². The Labute approximate surface area is 139 Å². The molecule has 1 aromatic heterocycles. The van der Waals surface area contributed by atoms with Crippen LogP contribution in [-0.2, 0) is 6.42 Å². The summed E-state index contributed by atoms with van der Waals surface area (Å²) >= 11 is 6.35. The molecule has 116 valence electrons. The Morgan fingerprint density at radius 3 is 2.87 bits per heavy atom. The fourth-order valence-electron chi connectivity index (χ4n) is 2.97. The van der Waals surface area contributed by atoms with E-state index in [4.69, 9.17) is 21.4 Å². The van der Waals surface area contributed by atoms with E-state index < -0.39 is 0 Å². The Balaban J connectivity index is 1.90. The lowest BCUT2D eigenvalue weighted by Gasteiger charge is -2.08. The summed E-state index contributed by atoms with van der Waals surface area (Å²) in [6.45, 7) is 0.911. The van der Waals surface area contributed by atoms with Crippen molar-refractivity contribution in [2.45, 2.75) is 6.42 Å². The molecular formula is C18H16ClN3O. The highest BCUT2D eigenvalue weighted by Gasteiger charge is 2.24. The van der Waals surface area contributed by atoms with Gasteiger partial charge in [-0.3, -0.25) is 0 Å². The first-order valence-corrected chi connectivity index (χ1v) is 7.91. The minimum absolute atomic E-state index is 0.684. The molecule has 4 nitrogen and oxygen atoms in total. The molecule has 0 amide bonds. The van der Waals surface area contributed by atoms with Gasteiger partial charge in [0.1, 0.15) is 11.6 Å². The molecule has 0 unspecified atom stereocenters. The minimum Gasteiger partial charge on any atom is -0.497 e. The number of benzene rings is 2.